The molecule has 4 rings (SSSR count). The summed E-state index contributed by atoms with van der Waals surface area (Å²) in [5, 5.41) is 1.43. The first kappa shape index (κ1) is 22.2. The molecule has 9 heteroatoms. The molecule has 0 spiro atoms. The van der Waals surface area contributed by atoms with Crippen LogP contribution in [0.25, 0.3) is 0 Å². The minimum Gasteiger partial charge on any atom is -0.384 e. The van der Waals surface area contributed by atoms with E-state index in [9.17, 15) is 23.2 Å². The Morgan fingerprint density at radius 3 is 2.34 bits per heavy atom. The average Bonchev–Trinajstić information content (AvgIpc) is 3.21. The molecule has 32 heavy (non-hydrogen) atoms. The van der Waals surface area contributed by atoms with Gasteiger partial charge >= 0.3 is 0 Å². The van der Waals surface area contributed by atoms with E-state index >= 15 is 0 Å². The Kier molecular flexibility index (Phi) is 6.38. The fourth-order valence-electron chi connectivity index (χ4n) is 3.57. The van der Waals surface area contributed by atoms with Crippen LogP contribution in [0.1, 0.15) is 34.6 Å². The molecule has 0 radical (unpaired) electrons. The van der Waals surface area contributed by atoms with Crippen LogP contribution in [-0.2, 0) is 29.0 Å². The van der Waals surface area contributed by atoms with Crippen LogP contribution in [0.4, 0.5) is 8.78 Å². The van der Waals surface area contributed by atoms with Gasteiger partial charge in [-0.2, -0.15) is 5.16 Å². The number of rotatable bonds is 6. The molecule has 2 unspecified atom stereocenters. The Balaban J connectivity index is 1.52. The molecular weight excluding hydrogens is 438 g/mol. The molecule has 1 aliphatic heterocycles. The van der Waals surface area contributed by atoms with Crippen molar-refractivity contribution in [1.82, 2.24) is 9.46 Å². The van der Waals surface area contributed by atoms with Crippen LogP contribution in [0.5, 0.6) is 0 Å². The smallest absolute Gasteiger partial charge is 0.280 e. The number of nitrogens with one attached hydrogen (secondary N) is 1. The van der Waals surface area contributed by atoms with Crippen LogP contribution in [0.15, 0.2) is 57.8 Å². The predicted molar refractivity (Wildman–Crippen MR) is 115 cm³/mol. The zero-order valence-corrected chi connectivity index (χ0v) is 18.0. The minimum atomic E-state index is -0.758. The van der Waals surface area contributed by atoms with Gasteiger partial charge in [0.25, 0.3) is 5.56 Å². The van der Waals surface area contributed by atoms with Gasteiger partial charge in [0.05, 0.1) is 6.04 Å². The Morgan fingerprint density at radius 2 is 1.66 bits per heavy atom. The molecule has 1 aromatic heterocycles. The van der Waals surface area contributed by atoms with E-state index in [-0.39, 0.29) is 30.5 Å². The molecule has 2 atom stereocenters. The fourth-order valence-corrected chi connectivity index (χ4v) is 4.82. The highest BCUT2D eigenvalue weighted by Crippen LogP contribution is 2.40. The van der Waals surface area contributed by atoms with Crippen molar-refractivity contribution < 1.29 is 22.9 Å². The molecule has 1 aliphatic rings. The lowest BCUT2D eigenvalue weighted by atomic mass is 10.0. The molecule has 3 aromatic rings. The molecule has 6 nitrogen and oxygen atoms in total. The fraction of sp³-hybridized carbons (Fsp3) is 0.261. The summed E-state index contributed by atoms with van der Waals surface area (Å²) in [6, 6.07) is 11.6. The number of hydrogen-bond donors (Lipinski definition) is 1. The minimum absolute atomic E-state index is 0.0378. The second kappa shape index (κ2) is 9.22. The summed E-state index contributed by atoms with van der Waals surface area (Å²) in [6.45, 7) is 1.55. The third-order valence-corrected chi connectivity index (χ3v) is 6.81. The van der Waals surface area contributed by atoms with E-state index < -0.39 is 40.1 Å². The summed E-state index contributed by atoms with van der Waals surface area (Å²) < 4.78 is 36.0. The van der Waals surface area contributed by atoms with Gasteiger partial charge < -0.3 is 4.52 Å². The van der Waals surface area contributed by atoms with Crippen molar-refractivity contribution in [2.75, 3.05) is 0 Å². The van der Waals surface area contributed by atoms with Crippen molar-refractivity contribution in [1.29, 1.82) is 0 Å². The summed E-state index contributed by atoms with van der Waals surface area (Å²) in [5.74, 6) is -1.89. The van der Waals surface area contributed by atoms with Crippen molar-refractivity contribution in [3.8, 4) is 0 Å². The lowest BCUT2D eigenvalue weighted by Crippen LogP contribution is -2.45. The molecule has 0 aliphatic carbocycles. The van der Waals surface area contributed by atoms with Gasteiger partial charge in [-0.25, -0.2) is 13.1 Å². The number of ketones is 2. The zero-order valence-electron chi connectivity index (χ0n) is 17.1. The van der Waals surface area contributed by atoms with Crippen LogP contribution < -0.4 is 5.56 Å². The SMILES string of the molecule is CC1C(=O)C(=O)C(c2ccccc2)SN1Cc1cc(F)c(CCc2cc(=O)[nH]o2)cc1F. The Bertz CT molecular complexity index is 1210. The zero-order chi connectivity index (χ0) is 22.8. The van der Waals surface area contributed by atoms with Crippen molar-refractivity contribution in [3.05, 3.63) is 93.0 Å². The number of hydrogen-bond acceptors (Lipinski definition) is 6. The summed E-state index contributed by atoms with van der Waals surface area (Å²) in [4.78, 5) is 36.2. The molecule has 2 aromatic carbocycles. The lowest BCUT2D eigenvalue weighted by molar-refractivity contribution is -0.139. The molecule has 2 heterocycles. The largest absolute Gasteiger partial charge is 0.384 e. The van der Waals surface area contributed by atoms with Gasteiger partial charge in [-0.15, -0.1) is 0 Å². The number of aryl methyl sites for hydroxylation is 2. The van der Waals surface area contributed by atoms with Gasteiger partial charge in [-0.05, 0) is 36.6 Å². The third kappa shape index (κ3) is 4.58. The monoisotopic (exact) mass is 458 g/mol. The summed E-state index contributed by atoms with van der Waals surface area (Å²) >= 11 is 1.16. The predicted octanol–water partition coefficient (Wildman–Crippen LogP) is 3.76. The average molecular weight is 458 g/mol. The van der Waals surface area contributed by atoms with E-state index in [0.29, 0.717) is 11.3 Å². The maximum atomic E-state index is 14.8. The highest BCUT2D eigenvalue weighted by atomic mass is 32.2. The number of Topliss-reactive ketones (excluding diaryl/α,β-unsaturated/α-hetero) is 2. The van der Waals surface area contributed by atoms with Crippen molar-refractivity contribution in [2.45, 2.75) is 37.6 Å². The molecule has 166 valence electrons. The molecule has 0 bridgehead atoms. The first-order valence-corrected chi connectivity index (χ1v) is 10.9. The summed E-state index contributed by atoms with van der Waals surface area (Å²) in [6.07, 6.45) is 0.393. The topological polar surface area (TPSA) is 83.4 Å². The van der Waals surface area contributed by atoms with Crippen molar-refractivity contribution >= 4 is 23.5 Å². The van der Waals surface area contributed by atoms with Gasteiger partial charge in [0.1, 0.15) is 22.6 Å². The Morgan fingerprint density at radius 1 is 0.969 bits per heavy atom. The standard InChI is InChI=1S/C23H20F2N2O4S/c1-13-21(29)22(30)23(14-5-3-2-4-6-14)32-27(13)12-16-10-18(24)15(9-19(16)25)7-8-17-11-20(28)26-31-17/h2-6,9-11,13,23H,7-8,12H2,1H3,(H,26,28). The molecule has 1 saturated heterocycles. The van der Waals surface area contributed by atoms with E-state index in [1.165, 1.54) is 6.07 Å². The number of benzene rings is 2. The van der Waals surface area contributed by atoms with E-state index in [1.807, 2.05) is 6.07 Å². The van der Waals surface area contributed by atoms with Gasteiger partial charge in [0, 0.05) is 24.6 Å². The lowest BCUT2D eigenvalue weighted by Gasteiger charge is -2.35. The highest BCUT2D eigenvalue weighted by Gasteiger charge is 2.41. The molecule has 0 amide bonds. The van der Waals surface area contributed by atoms with E-state index in [1.54, 1.807) is 35.5 Å². The number of aromatic amines is 1. The van der Waals surface area contributed by atoms with Crippen molar-refractivity contribution in [3.63, 3.8) is 0 Å². The van der Waals surface area contributed by atoms with E-state index in [0.717, 1.165) is 24.1 Å². The molecule has 1 N–H and O–H groups in total. The van der Waals surface area contributed by atoms with Crippen LogP contribution >= 0.6 is 11.9 Å². The van der Waals surface area contributed by atoms with Gasteiger partial charge in [-0.3, -0.25) is 14.4 Å². The van der Waals surface area contributed by atoms with Crippen LogP contribution in [0, 0.1) is 11.6 Å². The number of H-pyrrole nitrogens is 1. The number of nitrogens with zero attached hydrogens (tertiary/aromatic N) is 1. The maximum Gasteiger partial charge on any atom is 0.280 e. The number of carbonyl (C=O) groups excluding carboxylic acids is 2. The molecular formula is C23H20F2N2O4S. The quantitative estimate of drug-likeness (QED) is 0.447. The normalized spacial score (nSPS) is 19.5. The van der Waals surface area contributed by atoms with Crippen LogP contribution in [0.2, 0.25) is 0 Å². The number of carbonyl (C=O) groups is 2. The van der Waals surface area contributed by atoms with Crippen LogP contribution in [-0.4, -0.2) is 27.1 Å². The Labute approximate surface area is 186 Å². The van der Waals surface area contributed by atoms with E-state index in [2.05, 4.69) is 5.16 Å². The summed E-state index contributed by atoms with van der Waals surface area (Å²) in [5.41, 5.74) is 0.541. The van der Waals surface area contributed by atoms with Crippen LogP contribution in [0.3, 0.4) is 0 Å². The second-order valence-corrected chi connectivity index (χ2v) is 8.74. The second-order valence-electron chi connectivity index (χ2n) is 7.59. The first-order chi connectivity index (χ1) is 15.3. The number of halogens is 2. The van der Waals surface area contributed by atoms with Gasteiger partial charge in [0.15, 0.2) is 0 Å². The third-order valence-electron chi connectivity index (χ3n) is 5.39. The number of aromatic nitrogens is 1. The van der Waals surface area contributed by atoms with Gasteiger partial charge in [-0.1, -0.05) is 42.3 Å². The van der Waals surface area contributed by atoms with Crippen molar-refractivity contribution in [2.24, 2.45) is 0 Å². The molecule has 1 fully saturated rings. The van der Waals surface area contributed by atoms with Gasteiger partial charge in [0.2, 0.25) is 11.6 Å². The first-order valence-electron chi connectivity index (χ1n) is 10.0. The van der Waals surface area contributed by atoms with E-state index in [4.69, 9.17) is 4.52 Å². The molecule has 0 saturated carbocycles. The maximum absolute atomic E-state index is 14.8. The highest BCUT2D eigenvalue weighted by molar-refractivity contribution is 7.98. The summed E-state index contributed by atoms with van der Waals surface area (Å²) in [7, 11) is 0. The Hall–Kier alpha value is -3.04.